The second-order valence-electron chi connectivity index (χ2n) is 7.37. The summed E-state index contributed by atoms with van der Waals surface area (Å²) < 4.78 is 6.41. The first-order valence-electron chi connectivity index (χ1n) is 8.17. The van der Waals surface area contributed by atoms with Gasteiger partial charge in [0.25, 0.3) is 0 Å². The number of hydrogen-bond donors (Lipinski definition) is 0. The Labute approximate surface area is 137 Å². The van der Waals surface area contributed by atoms with Crippen molar-refractivity contribution in [1.82, 2.24) is 0 Å². The molecule has 1 aliphatic heterocycles. The number of rotatable bonds is 2. The Morgan fingerprint density at radius 3 is 1.64 bits per heavy atom. The molecular formula is C18H26OSi3. The fraction of sp³-hybridized carbons (Fsp3) is 0.333. The Balaban J connectivity index is 2.29. The van der Waals surface area contributed by atoms with E-state index in [4.69, 9.17) is 4.43 Å². The molecular weight excluding hydrogens is 316 g/mol. The topological polar surface area (TPSA) is 9.23 Å². The van der Waals surface area contributed by atoms with Crippen LogP contribution in [0.1, 0.15) is 0 Å². The molecule has 0 amide bonds. The molecule has 0 spiro atoms. The standard InChI is InChI=1S/C18H26OSi3/c1-20(2)19-15-16-22(21(20,3)4,17-11-7-5-8-12-17)18-13-9-6-10-14-18/h5-14H,15-16H2,1-4H3. The third kappa shape index (κ3) is 2.21. The third-order valence-electron chi connectivity index (χ3n) is 6.05. The average Bonchev–Trinajstić information content (AvgIpc) is 2.52. The summed E-state index contributed by atoms with van der Waals surface area (Å²) in [5.74, 6) is 0. The van der Waals surface area contributed by atoms with Crippen LogP contribution in [0.4, 0.5) is 0 Å². The Morgan fingerprint density at radius 1 is 0.727 bits per heavy atom. The van der Waals surface area contributed by atoms with Crippen LogP contribution in [0.15, 0.2) is 60.7 Å². The van der Waals surface area contributed by atoms with Gasteiger partial charge in [0.15, 0.2) is 7.83 Å². The second kappa shape index (κ2) is 5.60. The zero-order chi connectivity index (χ0) is 15.8. The summed E-state index contributed by atoms with van der Waals surface area (Å²) in [4.78, 5) is 0. The van der Waals surface area contributed by atoms with Gasteiger partial charge in [-0.3, -0.25) is 0 Å². The molecule has 1 aliphatic rings. The zero-order valence-corrected chi connectivity index (χ0v) is 17.1. The molecule has 116 valence electrons. The highest BCUT2D eigenvalue weighted by Gasteiger charge is 2.62. The van der Waals surface area contributed by atoms with E-state index in [-0.39, 0.29) is 0 Å². The molecule has 0 saturated carbocycles. The van der Waals surface area contributed by atoms with Gasteiger partial charge < -0.3 is 4.43 Å². The van der Waals surface area contributed by atoms with Crippen molar-refractivity contribution in [3.05, 3.63) is 60.7 Å². The minimum Gasteiger partial charge on any atom is -0.421 e. The van der Waals surface area contributed by atoms with Crippen LogP contribution in [0.3, 0.4) is 0 Å². The molecule has 22 heavy (non-hydrogen) atoms. The SMILES string of the molecule is C[Si]1(C)OCC[Si](c2ccccc2)(c2ccccc2)[Si]1(C)C. The van der Waals surface area contributed by atoms with Crippen molar-refractivity contribution in [1.29, 1.82) is 0 Å². The fourth-order valence-electron chi connectivity index (χ4n) is 4.09. The van der Waals surface area contributed by atoms with E-state index in [0.29, 0.717) is 0 Å². The summed E-state index contributed by atoms with van der Waals surface area (Å²) in [6, 6.07) is 24.0. The second-order valence-corrected chi connectivity index (χ2v) is 32.6. The van der Waals surface area contributed by atoms with Crippen molar-refractivity contribution >= 4 is 32.9 Å². The summed E-state index contributed by atoms with van der Waals surface area (Å²) in [6.45, 7) is 11.1. The first kappa shape index (κ1) is 15.9. The van der Waals surface area contributed by atoms with E-state index in [9.17, 15) is 0 Å². The normalized spacial score (nSPS) is 22.2. The predicted octanol–water partition coefficient (Wildman–Crippen LogP) is 3.35. The molecule has 1 saturated heterocycles. The predicted molar refractivity (Wildman–Crippen MR) is 104 cm³/mol. The van der Waals surface area contributed by atoms with Gasteiger partial charge in [-0.1, -0.05) is 84.1 Å². The maximum Gasteiger partial charge on any atom is 0.172 e. The minimum atomic E-state index is -1.72. The highest BCUT2D eigenvalue weighted by molar-refractivity contribution is 7.73. The summed E-state index contributed by atoms with van der Waals surface area (Å²) >= 11 is 0. The van der Waals surface area contributed by atoms with Gasteiger partial charge in [-0.2, -0.15) is 0 Å². The lowest BCUT2D eigenvalue weighted by atomic mass is 10.4. The quantitative estimate of drug-likeness (QED) is 0.761. The van der Waals surface area contributed by atoms with Crippen LogP contribution in [0.2, 0.25) is 32.2 Å². The molecule has 1 nitrogen and oxygen atoms in total. The fourth-order valence-corrected chi connectivity index (χ4v) is 36.8. The lowest BCUT2D eigenvalue weighted by molar-refractivity contribution is 0.337. The summed E-state index contributed by atoms with van der Waals surface area (Å²) in [6.07, 6.45) is 0. The van der Waals surface area contributed by atoms with E-state index >= 15 is 0 Å². The summed E-state index contributed by atoms with van der Waals surface area (Å²) in [7, 11) is -4.86. The molecule has 0 radical (unpaired) electrons. The van der Waals surface area contributed by atoms with Gasteiger partial charge in [0, 0.05) is 6.61 Å². The number of benzene rings is 2. The average molecular weight is 343 g/mol. The van der Waals surface area contributed by atoms with Crippen molar-refractivity contribution in [3.8, 4) is 0 Å². The molecule has 4 heteroatoms. The highest BCUT2D eigenvalue weighted by Crippen LogP contribution is 2.36. The largest absolute Gasteiger partial charge is 0.421 e. The Morgan fingerprint density at radius 2 is 1.18 bits per heavy atom. The van der Waals surface area contributed by atoms with Gasteiger partial charge in [-0.25, -0.2) is 0 Å². The monoisotopic (exact) mass is 342 g/mol. The van der Waals surface area contributed by atoms with Crippen molar-refractivity contribution in [2.45, 2.75) is 32.2 Å². The maximum atomic E-state index is 6.41. The van der Waals surface area contributed by atoms with E-state index in [0.717, 1.165) is 6.61 Å². The van der Waals surface area contributed by atoms with Crippen LogP contribution >= 0.6 is 0 Å². The van der Waals surface area contributed by atoms with Crippen molar-refractivity contribution in [3.63, 3.8) is 0 Å². The Bertz CT molecular complexity index is 598. The third-order valence-corrected chi connectivity index (χ3v) is 43.3. The van der Waals surface area contributed by atoms with Crippen LogP contribution in [-0.2, 0) is 4.43 Å². The summed E-state index contributed by atoms with van der Waals surface area (Å²) in [5, 5.41) is 3.25. The Hall–Kier alpha value is -0.949. The van der Waals surface area contributed by atoms with Gasteiger partial charge in [0.2, 0.25) is 0 Å². The van der Waals surface area contributed by atoms with Crippen LogP contribution in [0.5, 0.6) is 0 Å². The molecule has 0 unspecified atom stereocenters. The molecule has 0 aliphatic carbocycles. The molecule has 1 heterocycles. The molecule has 1 fully saturated rings. The van der Waals surface area contributed by atoms with Crippen LogP contribution in [0, 0.1) is 0 Å². The lowest BCUT2D eigenvalue weighted by Crippen LogP contribution is -2.85. The maximum absolute atomic E-state index is 6.41. The van der Waals surface area contributed by atoms with Crippen LogP contribution in [-0.4, -0.2) is 29.1 Å². The van der Waals surface area contributed by atoms with E-state index in [2.05, 4.69) is 86.9 Å². The first-order chi connectivity index (χ1) is 10.4. The molecule has 0 aromatic heterocycles. The van der Waals surface area contributed by atoms with Gasteiger partial charge in [-0.05, 0) is 19.1 Å². The molecule has 0 atom stereocenters. The van der Waals surface area contributed by atoms with Gasteiger partial charge in [0.1, 0.15) is 7.59 Å². The van der Waals surface area contributed by atoms with E-state index < -0.39 is 22.5 Å². The molecule has 3 rings (SSSR count). The highest BCUT2D eigenvalue weighted by atomic mass is 29.6. The molecule has 2 aromatic carbocycles. The van der Waals surface area contributed by atoms with E-state index in [1.165, 1.54) is 6.04 Å². The minimum absolute atomic E-state index is 0.950. The van der Waals surface area contributed by atoms with E-state index in [1.54, 1.807) is 10.4 Å². The lowest BCUT2D eigenvalue weighted by Gasteiger charge is -2.55. The van der Waals surface area contributed by atoms with Crippen molar-refractivity contribution < 1.29 is 4.43 Å². The first-order valence-corrected chi connectivity index (χ1v) is 18.3. The van der Waals surface area contributed by atoms with E-state index in [1.807, 2.05) is 0 Å². The van der Waals surface area contributed by atoms with Crippen molar-refractivity contribution in [2.75, 3.05) is 6.61 Å². The molecule has 0 N–H and O–H groups in total. The smallest absolute Gasteiger partial charge is 0.172 e. The molecule has 0 bridgehead atoms. The van der Waals surface area contributed by atoms with Gasteiger partial charge in [0.05, 0.1) is 7.11 Å². The van der Waals surface area contributed by atoms with Gasteiger partial charge in [-0.15, -0.1) is 0 Å². The zero-order valence-electron chi connectivity index (χ0n) is 14.1. The van der Waals surface area contributed by atoms with Gasteiger partial charge >= 0.3 is 0 Å². The van der Waals surface area contributed by atoms with Crippen molar-refractivity contribution in [2.24, 2.45) is 0 Å². The summed E-state index contributed by atoms with van der Waals surface area (Å²) in [5.41, 5.74) is 0. The van der Waals surface area contributed by atoms with Crippen LogP contribution in [0.25, 0.3) is 0 Å². The Kier molecular flexibility index (Phi) is 4.05. The number of hydrogen-bond acceptors (Lipinski definition) is 1. The van der Waals surface area contributed by atoms with Crippen LogP contribution < -0.4 is 10.4 Å². The molecule has 2 aromatic rings.